The van der Waals surface area contributed by atoms with Crippen LogP contribution in [-0.2, 0) is 9.47 Å². The summed E-state index contributed by atoms with van der Waals surface area (Å²) in [6, 6.07) is 7.78. The van der Waals surface area contributed by atoms with Crippen LogP contribution in [0.3, 0.4) is 0 Å². The molecule has 100 valence electrons. The van der Waals surface area contributed by atoms with Gasteiger partial charge in [0.25, 0.3) is 0 Å². The van der Waals surface area contributed by atoms with E-state index >= 15 is 0 Å². The maximum absolute atomic E-state index is 5.63. The SMILES string of the molecule is S=C=Nc1ccccc1/C=C/COC1CCCCO1. The van der Waals surface area contributed by atoms with E-state index in [0.717, 1.165) is 30.7 Å². The minimum Gasteiger partial charge on any atom is -0.353 e. The predicted molar refractivity (Wildman–Crippen MR) is 79.7 cm³/mol. The lowest BCUT2D eigenvalue weighted by atomic mass is 10.1. The molecule has 19 heavy (non-hydrogen) atoms. The number of isothiocyanates is 1. The van der Waals surface area contributed by atoms with Crippen LogP contribution in [-0.4, -0.2) is 24.7 Å². The summed E-state index contributed by atoms with van der Waals surface area (Å²) in [5.41, 5.74) is 1.83. The van der Waals surface area contributed by atoms with Gasteiger partial charge in [-0.05, 0) is 37.5 Å². The van der Waals surface area contributed by atoms with Crippen molar-refractivity contribution < 1.29 is 9.47 Å². The Kier molecular flexibility index (Phi) is 5.92. The summed E-state index contributed by atoms with van der Waals surface area (Å²) in [4.78, 5) is 4.02. The van der Waals surface area contributed by atoms with Crippen molar-refractivity contribution in [2.45, 2.75) is 25.6 Å². The highest BCUT2D eigenvalue weighted by Crippen LogP contribution is 2.19. The maximum Gasteiger partial charge on any atom is 0.157 e. The first kappa shape index (κ1) is 14.1. The molecule has 3 nitrogen and oxygen atoms in total. The van der Waals surface area contributed by atoms with Gasteiger partial charge < -0.3 is 9.47 Å². The zero-order valence-corrected chi connectivity index (χ0v) is 11.6. The number of para-hydroxylation sites is 1. The van der Waals surface area contributed by atoms with Crippen molar-refractivity contribution in [3.8, 4) is 0 Å². The van der Waals surface area contributed by atoms with Crippen LogP contribution in [0.15, 0.2) is 35.3 Å². The second-order valence-electron chi connectivity index (χ2n) is 4.29. The molecule has 1 saturated heterocycles. The summed E-state index contributed by atoms with van der Waals surface area (Å²) in [5.74, 6) is 0. The summed E-state index contributed by atoms with van der Waals surface area (Å²) < 4.78 is 11.1. The standard InChI is InChI=1S/C15H17NO2S/c19-12-16-14-8-2-1-6-13(14)7-5-11-18-15-9-3-4-10-17-15/h1-2,5-8,15H,3-4,9-11H2/b7-5+. The molecule has 1 aromatic carbocycles. The van der Waals surface area contributed by atoms with Crippen molar-refractivity contribution in [3.63, 3.8) is 0 Å². The molecule has 2 rings (SSSR count). The van der Waals surface area contributed by atoms with Crippen LogP contribution < -0.4 is 0 Å². The second-order valence-corrected chi connectivity index (χ2v) is 4.48. The first-order valence-corrected chi connectivity index (χ1v) is 6.87. The van der Waals surface area contributed by atoms with Crippen molar-refractivity contribution in [3.05, 3.63) is 35.9 Å². The quantitative estimate of drug-likeness (QED) is 0.601. The Morgan fingerprint density at radius 1 is 1.42 bits per heavy atom. The lowest BCUT2D eigenvalue weighted by Gasteiger charge is -2.21. The van der Waals surface area contributed by atoms with Crippen LogP contribution in [0.4, 0.5) is 5.69 Å². The number of hydrogen-bond donors (Lipinski definition) is 0. The van der Waals surface area contributed by atoms with Gasteiger partial charge in [0.1, 0.15) is 0 Å². The molecule has 1 atom stereocenters. The minimum atomic E-state index is -0.0485. The van der Waals surface area contributed by atoms with E-state index in [-0.39, 0.29) is 6.29 Å². The van der Waals surface area contributed by atoms with Gasteiger partial charge in [0.15, 0.2) is 6.29 Å². The normalized spacial score (nSPS) is 19.3. The second kappa shape index (κ2) is 7.97. The Morgan fingerprint density at radius 3 is 3.11 bits per heavy atom. The van der Waals surface area contributed by atoms with Crippen molar-refractivity contribution in [1.82, 2.24) is 0 Å². The molecule has 0 saturated carbocycles. The van der Waals surface area contributed by atoms with E-state index < -0.39 is 0 Å². The molecular weight excluding hydrogens is 258 g/mol. The fourth-order valence-corrected chi connectivity index (χ4v) is 2.06. The third kappa shape index (κ3) is 4.69. The number of benzene rings is 1. The van der Waals surface area contributed by atoms with E-state index in [1.54, 1.807) is 0 Å². The number of rotatable bonds is 5. The van der Waals surface area contributed by atoms with E-state index in [1.165, 1.54) is 6.42 Å². The average Bonchev–Trinajstić information content (AvgIpc) is 2.47. The number of hydrogen-bond acceptors (Lipinski definition) is 4. The van der Waals surface area contributed by atoms with E-state index in [4.69, 9.17) is 9.47 Å². The highest BCUT2D eigenvalue weighted by molar-refractivity contribution is 7.78. The third-order valence-corrected chi connectivity index (χ3v) is 3.01. The van der Waals surface area contributed by atoms with E-state index in [0.29, 0.717) is 6.61 Å². The average molecular weight is 275 g/mol. The highest BCUT2D eigenvalue weighted by atomic mass is 32.1. The number of aliphatic imine (C=N–C) groups is 1. The first-order chi connectivity index (χ1) is 9.40. The molecule has 0 bridgehead atoms. The molecule has 0 aromatic heterocycles. The fourth-order valence-electron chi connectivity index (χ4n) is 1.96. The lowest BCUT2D eigenvalue weighted by molar-refractivity contribution is -0.155. The Labute approximate surface area is 119 Å². The van der Waals surface area contributed by atoms with Gasteiger partial charge in [0.05, 0.1) is 17.5 Å². The van der Waals surface area contributed by atoms with Crippen molar-refractivity contribution in [2.75, 3.05) is 13.2 Å². The van der Waals surface area contributed by atoms with E-state index in [1.807, 2.05) is 36.4 Å². The third-order valence-electron chi connectivity index (χ3n) is 2.92. The largest absolute Gasteiger partial charge is 0.353 e. The molecule has 0 amide bonds. The maximum atomic E-state index is 5.63. The fraction of sp³-hybridized carbons (Fsp3) is 0.400. The van der Waals surface area contributed by atoms with Crippen LogP contribution >= 0.6 is 12.2 Å². The molecule has 1 fully saturated rings. The van der Waals surface area contributed by atoms with Crippen molar-refractivity contribution >= 4 is 29.1 Å². The van der Waals surface area contributed by atoms with Crippen LogP contribution in [0.25, 0.3) is 6.08 Å². The number of ether oxygens (including phenoxy) is 2. The molecule has 0 N–H and O–H groups in total. The zero-order chi connectivity index (χ0) is 13.3. The Bertz CT molecular complexity index is 475. The molecule has 0 radical (unpaired) electrons. The molecule has 1 aliphatic heterocycles. The Morgan fingerprint density at radius 2 is 2.32 bits per heavy atom. The van der Waals surface area contributed by atoms with E-state index in [2.05, 4.69) is 22.4 Å². The predicted octanol–water partition coefficient (Wildman–Crippen LogP) is 3.98. The molecule has 0 spiro atoms. The van der Waals surface area contributed by atoms with Gasteiger partial charge in [-0.2, -0.15) is 4.99 Å². The van der Waals surface area contributed by atoms with E-state index in [9.17, 15) is 0 Å². The highest BCUT2D eigenvalue weighted by Gasteiger charge is 2.12. The molecule has 1 unspecified atom stereocenters. The molecule has 4 heteroatoms. The molecule has 0 aliphatic carbocycles. The summed E-state index contributed by atoms with van der Waals surface area (Å²) in [6.45, 7) is 1.35. The van der Waals surface area contributed by atoms with Gasteiger partial charge in [-0.3, -0.25) is 0 Å². The van der Waals surface area contributed by atoms with Gasteiger partial charge in [0.2, 0.25) is 0 Å². The van der Waals surface area contributed by atoms with Crippen molar-refractivity contribution in [2.24, 2.45) is 4.99 Å². The summed E-state index contributed by atoms with van der Waals surface area (Å²) in [5, 5.41) is 2.39. The summed E-state index contributed by atoms with van der Waals surface area (Å²) >= 11 is 4.63. The number of thiocarbonyl (C=S) groups is 1. The van der Waals surface area contributed by atoms with Crippen molar-refractivity contribution in [1.29, 1.82) is 0 Å². The minimum absolute atomic E-state index is 0.0485. The van der Waals surface area contributed by atoms with Gasteiger partial charge in [-0.1, -0.05) is 30.4 Å². The van der Waals surface area contributed by atoms with Gasteiger partial charge in [0, 0.05) is 12.2 Å². The summed E-state index contributed by atoms with van der Waals surface area (Å²) in [6.07, 6.45) is 7.20. The smallest absolute Gasteiger partial charge is 0.157 e. The van der Waals surface area contributed by atoms with Crippen LogP contribution in [0.5, 0.6) is 0 Å². The molecule has 1 aromatic rings. The number of nitrogens with zero attached hydrogens (tertiary/aromatic N) is 1. The van der Waals surface area contributed by atoms with Crippen LogP contribution in [0.1, 0.15) is 24.8 Å². The first-order valence-electron chi connectivity index (χ1n) is 6.47. The molecule has 1 heterocycles. The van der Waals surface area contributed by atoms with Crippen LogP contribution in [0, 0.1) is 0 Å². The summed E-state index contributed by atoms with van der Waals surface area (Å²) in [7, 11) is 0. The Hall–Kier alpha value is -1.32. The van der Waals surface area contributed by atoms with Gasteiger partial charge >= 0.3 is 0 Å². The van der Waals surface area contributed by atoms with Gasteiger partial charge in [-0.15, -0.1) is 0 Å². The lowest BCUT2D eigenvalue weighted by Crippen LogP contribution is -2.22. The zero-order valence-electron chi connectivity index (χ0n) is 10.7. The molecular formula is C15H17NO2S. The van der Waals surface area contributed by atoms with Gasteiger partial charge in [-0.25, -0.2) is 0 Å². The van der Waals surface area contributed by atoms with Crippen LogP contribution in [0.2, 0.25) is 0 Å². The monoisotopic (exact) mass is 275 g/mol. The Balaban J connectivity index is 1.86. The topological polar surface area (TPSA) is 30.8 Å². The molecule has 1 aliphatic rings.